The number of H-pyrrole nitrogens is 1. The number of aromatic nitrogens is 2. The number of hydrogen-bond donors (Lipinski definition) is 1. The fourth-order valence-corrected chi connectivity index (χ4v) is 3.98. The first-order valence-electron chi connectivity index (χ1n) is 8.95. The number of likely N-dealkylation sites (tertiary alicyclic amines) is 1. The quantitative estimate of drug-likeness (QED) is 0.940. The molecule has 4 rings (SSSR count). The van der Waals surface area contributed by atoms with Crippen LogP contribution in [-0.4, -0.2) is 47.8 Å². The third-order valence-corrected chi connectivity index (χ3v) is 5.39. The van der Waals surface area contributed by atoms with Gasteiger partial charge in [0.15, 0.2) is 0 Å². The van der Waals surface area contributed by atoms with Crippen molar-refractivity contribution in [1.82, 2.24) is 15.1 Å². The minimum Gasteiger partial charge on any atom is -0.372 e. The van der Waals surface area contributed by atoms with E-state index in [1.807, 2.05) is 12.4 Å². The number of piperidine rings is 1. The minimum absolute atomic E-state index is 0.898. The van der Waals surface area contributed by atoms with E-state index in [0.717, 1.165) is 11.5 Å². The Hall–Kier alpha value is -1.81. The molecule has 2 aromatic rings. The van der Waals surface area contributed by atoms with Gasteiger partial charge in [0.2, 0.25) is 0 Å². The molecule has 0 unspecified atom stereocenters. The molecule has 1 N–H and O–H groups in total. The molecule has 2 fully saturated rings. The van der Waals surface area contributed by atoms with Crippen molar-refractivity contribution >= 4 is 5.69 Å². The lowest BCUT2D eigenvalue weighted by molar-refractivity contribution is 0.249. The fourth-order valence-electron chi connectivity index (χ4n) is 3.98. The second-order valence-electron chi connectivity index (χ2n) is 6.97. The Labute approximate surface area is 138 Å². The molecule has 122 valence electrons. The molecule has 2 saturated heterocycles. The van der Waals surface area contributed by atoms with Gasteiger partial charge >= 0.3 is 0 Å². The Morgan fingerprint density at radius 3 is 2.35 bits per heavy atom. The monoisotopic (exact) mass is 310 g/mol. The second-order valence-corrected chi connectivity index (χ2v) is 6.97. The SMILES string of the molecule is c1cc(N2CCC(CN3CCCC3)CC2)ccc1-c1cn[nH]c1. The van der Waals surface area contributed by atoms with Crippen LogP contribution in [0.25, 0.3) is 11.1 Å². The highest BCUT2D eigenvalue weighted by molar-refractivity contribution is 5.65. The van der Waals surface area contributed by atoms with Gasteiger partial charge in [-0.2, -0.15) is 5.10 Å². The van der Waals surface area contributed by atoms with E-state index in [0.29, 0.717) is 0 Å². The van der Waals surface area contributed by atoms with Crippen LogP contribution in [0.4, 0.5) is 5.69 Å². The zero-order valence-electron chi connectivity index (χ0n) is 13.7. The highest BCUT2D eigenvalue weighted by Gasteiger charge is 2.22. The molecular weight excluding hydrogens is 284 g/mol. The summed E-state index contributed by atoms with van der Waals surface area (Å²) in [6.07, 6.45) is 9.29. The predicted octanol–water partition coefficient (Wildman–Crippen LogP) is 3.39. The molecule has 23 heavy (non-hydrogen) atoms. The Balaban J connectivity index is 1.33. The van der Waals surface area contributed by atoms with Gasteiger partial charge in [-0.3, -0.25) is 5.10 Å². The van der Waals surface area contributed by atoms with Crippen molar-refractivity contribution in [2.45, 2.75) is 25.7 Å². The molecule has 4 nitrogen and oxygen atoms in total. The molecule has 3 heterocycles. The van der Waals surface area contributed by atoms with Gasteiger partial charge in [0.25, 0.3) is 0 Å². The number of hydrogen-bond acceptors (Lipinski definition) is 3. The molecule has 0 atom stereocenters. The van der Waals surface area contributed by atoms with E-state index < -0.39 is 0 Å². The molecule has 1 aromatic carbocycles. The topological polar surface area (TPSA) is 35.2 Å². The Kier molecular flexibility index (Phi) is 4.33. The predicted molar refractivity (Wildman–Crippen MR) is 94.6 cm³/mol. The lowest BCUT2D eigenvalue weighted by Gasteiger charge is -2.35. The molecule has 0 saturated carbocycles. The van der Waals surface area contributed by atoms with Crippen molar-refractivity contribution in [3.05, 3.63) is 36.7 Å². The number of rotatable bonds is 4. The molecule has 0 amide bonds. The molecular formula is C19H26N4. The van der Waals surface area contributed by atoms with Crippen LogP contribution in [0.1, 0.15) is 25.7 Å². The average molecular weight is 310 g/mol. The fraction of sp³-hybridized carbons (Fsp3) is 0.526. The van der Waals surface area contributed by atoms with Gasteiger partial charge in [0.05, 0.1) is 6.20 Å². The maximum atomic E-state index is 4.02. The average Bonchev–Trinajstić information content (AvgIpc) is 3.30. The van der Waals surface area contributed by atoms with Gasteiger partial charge in [-0.05, 0) is 62.4 Å². The zero-order valence-corrected chi connectivity index (χ0v) is 13.7. The van der Waals surface area contributed by atoms with Crippen LogP contribution in [0, 0.1) is 5.92 Å². The normalized spacial score (nSPS) is 20.3. The molecule has 2 aliphatic rings. The first-order valence-corrected chi connectivity index (χ1v) is 8.95. The number of nitrogens with one attached hydrogen (secondary N) is 1. The maximum absolute atomic E-state index is 4.02. The van der Waals surface area contributed by atoms with Crippen LogP contribution < -0.4 is 4.90 Å². The van der Waals surface area contributed by atoms with Gasteiger partial charge in [0, 0.05) is 37.1 Å². The summed E-state index contributed by atoms with van der Waals surface area (Å²) in [5, 5.41) is 6.90. The molecule has 4 heteroatoms. The molecule has 0 bridgehead atoms. The van der Waals surface area contributed by atoms with Gasteiger partial charge in [-0.25, -0.2) is 0 Å². The summed E-state index contributed by atoms with van der Waals surface area (Å²) in [6, 6.07) is 8.92. The number of benzene rings is 1. The van der Waals surface area contributed by atoms with Crippen LogP contribution in [0.3, 0.4) is 0 Å². The summed E-state index contributed by atoms with van der Waals surface area (Å²) in [5.74, 6) is 0.898. The third-order valence-electron chi connectivity index (χ3n) is 5.39. The smallest absolute Gasteiger partial charge is 0.0565 e. The van der Waals surface area contributed by atoms with Crippen LogP contribution in [-0.2, 0) is 0 Å². The zero-order chi connectivity index (χ0) is 15.5. The summed E-state index contributed by atoms with van der Waals surface area (Å²) in [4.78, 5) is 5.21. The lowest BCUT2D eigenvalue weighted by atomic mass is 9.95. The van der Waals surface area contributed by atoms with E-state index in [1.165, 1.54) is 69.7 Å². The minimum atomic E-state index is 0.898. The van der Waals surface area contributed by atoms with Crippen molar-refractivity contribution in [2.24, 2.45) is 5.92 Å². The molecule has 1 aromatic heterocycles. The first kappa shape index (κ1) is 14.8. The number of nitrogens with zero attached hydrogens (tertiary/aromatic N) is 3. The second kappa shape index (κ2) is 6.75. The highest BCUT2D eigenvalue weighted by atomic mass is 15.2. The highest BCUT2D eigenvalue weighted by Crippen LogP contribution is 2.27. The van der Waals surface area contributed by atoms with Crippen LogP contribution in [0.5, 0.6) is 0 Å². The Morgan fingerprint density at radius 2 is 1.70 bits per heavy atom. The summed E-state index contributed by atoms with van der Waals surface area (Å²) < 4.78 is 0. The summed E-state index contributed by atoms with van der Waals surface area (Å²) in [6.45, 7) is 6.38. The largest absolute Gasteiger partial charge is 0.372 e. The Bertz CT molecular complexity index is 591. The van der Waals surface area contributed by atoms with E-state index in [2.05, 4.69) is 44.3 Å². The van der Waals surface area contributed by atoms with Crippen LogP contribution in [0.15, 0.2) is 36.7 Å². The van der Waals surface area contributed by atoms with Crippen LogP contribution in [0.2, 0.25) is 0 Å². The molecule has 0 aliphatic carbocycles. The van der Waals surface area contributed by atoms with Gasteiger partial charge in [-0.15, -0.1) is 0 Å². The third kappa shape index (κ3) is 3.42. The van der Waals surface area contributed by atoms with Crippen molar-refractivity contribution < 1.29 is 0 Å². The van der Waals surface area contributed by atoms with Gasteiger partial charge < -0.3 is 9.80 Å². The van der Waals surface area contributed by atoms with Gasteiger partial charge in [-0.1, -0.05) is 12.1 Å². The summed E-state index contributed by atoms with van der Waals surface area (Å²) in [5.41, 5.74) is 3.74. The van der Waals surface area contributed by atoms with E-state index in [-0.39, 0.29) is 0 Å². The van der Waals surface area contributed by atoms with E-state index in [4.69, 9.17) is 0 Å². The lowest BCUT2D eigenvalue weighted by Crippen LogP contribution is -2.38. The van der Waals surface area contributed by atoms with Crippen LogP contribution >= 0.6 is 0 Å². The number of aromatic amines is 1. The molecule has 0 spiro atoms. The summed E-state index contributed by atoms with van der Waals surface area (Å²) in [7, 11) is 0. The van der Waals surface area contributed by atoms with E-state index in [9.17, 15) is 0 Å². The van der Waals surface area contributed by atoms with Crippen molar-refractivity contribution in [1.29, 1.82) is 0 Å². The van der Waals surface area contributed by atoms with Crippen molar-refractivity contribution in [3.63, 3.8) is 0 Å². The number of anilines is 1. The maximum Gasteiger partial charge on any atom is 0.0565 e. The first-order chi connectivity index (χ1) is 11.4. The van der Waals surface area contributed by atoms with Gasteiger partial charge in [0.1, 0.15) is 0 Å². The standard InChI is InChI=1S/C19H26N4/c1-2-10-22(9-1)15-16-7-11-23(12-8-16)19-5-3-17(4-6-19)18-13-20-21-14-18/h3-6,13-14,16H,1-2,7-12,15H2,(H,20,21). The van der Waals surface area contributed by atoms with E-state index in [1.54, 1.807) is 0 Å². The summed E-state index contributed by atoms with van der Waals surface area (Å²) >= 11 is 0. The Morgan fingerprint density at radius 1 is 0.957 bits per heavy atom. The van der Waals surface area contributed by atoms with E-state index >= 15 is 0 Å². The molecule has 2 aliphatic heterocycles. The molecule has 0 radical (unpaired) electrons. The van der Waals surface area contributed by atoms with Crippen molar-refractivity contribution in [3.8, 4) is 11.1 Å². The van der Waals surface area contributed by atoms with Crippen molar-refractivity contribution in [2.75, 3.05) is 37.6 Å².